The molecular weight excluding hydrogens is 268 g/mol. The third-order valence-corrected chi connectivity index (χ3v) is 3.86. The fraction of sp³-hybridized carbons (Fsp3) is 0.400. The molecule has 110 valence electrons. The number of rotatable bonds is 4. The van der Waals surface area contributed by atoms with Crippen molar-refractivity contribution in [3.05, 3.63) is 42.2 Å². The lowest BCUT2D eigenvalue weighted by molar-refractivity contribution is 0.0911. The van der Waals surface area contributed by atoms with Gasteiger partial charge < -0.3 is 10.4 Å². The molecule has 6 nitrogen and oxygen atoms in total. The van der Waals surface area contributed by atoms with E-state index in [1.54, 1.807) is 0 Å². The standard InChI is InChI=1S/C15H18N4O2/c20-14-8-4-5-11(14)9-16-15(21)13-10-17-19(18-13)12-6-2-1-3-7-12/h1-3,6-7,10-11,14,20H,4-5,8-9H2,(H,16,21). The number of aliphatic hydroxyl groups excluding tert-OH is 1. The molecule has 0 spiro atoms. The van der Waals surface area contributed by atoms with Crippen LogP contribution in [0.15, 0.2) is 36.5 Å². The molecule has 0 radical (unpaired) electrons. The van der Waals surface area contributed by atoms with Crippen molar-refractivity contribution in [3.63, 3.8) is 0 Å². The van der Waals surface area contributed by atoms with Crippen LogP contribution in [-0.4, -0.2) is 38.7 Å². The van der Waals surface area contributed by atoms with Gasteiger partial charge in [0.25, 0.3) is 5.91 Å². The molecule has 1 saturated carbocycles. The van der Waals surface area contributed by atoms with E-state index >= 15 is 0 Å². The lowest BCUT2D eigenvalue weighted by atomic mass is 10.1. The fourth-order valence-electron chi connectivity index (χ4n) is 2.62. The van der Waals surface area contributed by atoms with Gasteiger partial charge in [0, 0.05) is 12.5 Å². The summed E-state index contributed by atoms with van der Waals surface area (Å²) >= 11 is 0. The van der Waals surface area contributed by atoms with Crippen molar-refractivity contribution in [3.8, 4) is 5.69 Å². The van der Waals surface area contributed by atoms with Gasteiger partial charge in [-0.05, 0) is 25.0 Å². The van der Waals surface area contributed by atoms with E-state index in [0.29, 0.717) is 6.54 Å². The van der Waals surface area contributed by atoms with Crippen molar-refractivity contribution < 1.29 is 9.90 Å². The van der Waals surface area contributed by atoms with E-state index in [4.69, 9.17) is 0 Å². The van der Waals surface area contributed by atoms with Crippen LogP contribution in [0.4, 0.5) is 0 Å². The molecule has 2 N–H and O–H groups in total. The number of para-hydroxylation sites is 1. The maximum Gasteiger partial charge on any atom is 0.273 e. The van der Waals surface area contributed by atoms with Crippen LogP contribution in [0.2, 0.25) is 0 Å². The van der Waals surface area contributed by atoms with Gasteiger partial charge in [-0.15, -0.1) is 5.10 Å². The van der Waals surface area contributed by atoms with Crippen molar-refractivity contribution in [2.24, 2.45) is 5.92 Å². The minimum atomic E-state index is -0.301. The number of aliphatic hydroxyl groups is 1. The SMILES string of the molecule is O=C(NCC1CCCC1O)c1cnn(-c2ccccc2)n1. The van der Waals surface area contributed by atoms with Gasteiger partial charge in [0.2, 0.25) is 0 Å². The highest BCUT2D eigenvalue weighted by atomic mass is 16.3. The summed E-state index contributed by atoms with van der Waals surface area (Å²) in [6.07, 6.45) is 3.95. The summed E-state index contributed by atoms with van der Waals surface area (Å²) in [4.78, 5) is 13.5. The molecule has 1 aromatic carbocycles. The second-order valence-corrected chi connectivity index (χ2v) is 5.32. The lowest BCUT2D eigenvalue weighted by Gasteiger charge is -2.14. The highest BCUT2D eigenvalue weighted by Gasteiger charge is 2.25. The van der Waals surface area contributed by atoms with Gasteiger partial charge in [-0.25, -0.2) is 0 Å². The molecule has 2 atom stereocenters. The zero-order chi connectivity index (χ0) is 14.7. The molecule has 1 aromatic heterocycles. The monoisotopic (exact) mass is 286 g/mol. The summed E-state index contributed by atoms with van der Waals surface area (Å²) in [5.74, 6) is -0.102. The first-order valence-corrected chi connectivity index (χ1v) is 7.18. The molecule has 6 heteroatoms. The van der Waals surface area contributed by atoms with E-state index in [0.717, 1.165) is 24.9 Å². The van der Waals surface area contributed by atoms with Crippen molar-refractivity contribution in [1.82, 2.24) is 20.3 Å². The summed E-state index contributed by atoms with van der Waals surface area (Å²) in [6, 6.07) is 9.43. The molecule has 0 aliphatic heterocycles. The maximum absolute atomic E-state index is 12.0. The summed E-state index contributed by atoms with van der Waals surface area (Å²) in [5.41, 5.74) is 1.09. The molecular formula is C15H18N4O2. The average Bonchev–Trinajstić information content (AvgIpc) is 3.15. The third-order valence-electron chi connectivity index (χ3n) is 3.86. The van der Waals surface area contributed by atoms with Gasteiger partial charge in [-0.1, -0.05) is 24.6 Å². The average molecular weight is 286 g/mol. The summed E-state index contributed by atoms with van der Waals surface area (Å²) in [7, 11) is 0. The Balaban J connectivity index is 1.62. The first-order valence-electron chi connectivity index (χ1n) is 7.18. The second-order valence-electron chi connectivity index (χ2n) is 5.32. The fourth-order valence-corrected chi connectivity index (χ4v) is 2.62. The van der Waals surface area contributed by atoms with Crippen LogP contribution in [0.3, 0.4) is 0 Å². The summed E-state index contributed by atoms with van der Waals surface area (Å²) in [6.45, 7) is 0.484. The Hall–Kier alpha value is -2.21. The number of nitrogens with zero attached hydrogens (tertiary/aromatic N) is 3. The first kappa shape index (κ1) is 13.8. The molecule has 2 unspecified atom stereocenters. The van der Waals surface area contributed by atoms with Crippen LogP contribution in [-0.2, 0) is 0 Å². The Morgan fingerprint density at radius 3 is 2.86 bits per heavy atom. The van der Waals surface area contributed by atoms with Gasteiger partial charge in [0.05, 0.1) is 18.0 Å². The Morgan fingerprint density at radius 2 is 2.14 bits per heavy atom. The van der Waals surface area contributed by atoms with E-state index in [1.807, 2.05) is 30.3 Å². The Morgan fingerprint density at radius 1 is 1.33 bits per heavy atom. The van der Waals surface area contributed by atoms with Crippen molar-refractivity contribution in [1.29, 1.82) is 0 Å². The molecule has 21 heavy (non-hydrogen) atoms. The van der Waals surface area contributed by atoms with Crippen LogP contribution in [0.25, 0.3) is 5.69 Å². The quantitative estimate of drug-likeness (QED) is 0.884. The Kier molecular flexibility index (Phi) is 3.96. The second kappa shape index (κ2) is 6.05. The van der Waals surface area contributed by atoms with Gasteiger partial charge in [0.1, 0.15) is 0 Å². The lowest BCUT2D eigenvalue weighted by Crippen LogP contribution is -2.32. The molecule has 3 rings (SSSR count). The molecule has 0 bridgehead atoms. The van der Waals surface area contributed by atoms with Crippen molar-refractivity contribution >= 4 is 5.91 Å². The van der Waals surface area contributed by atoms with Gasteiger partial charge in [-0.2, -0.15) is 9.90 Å². The zero-order valence-electron chi connectivity index (χ0n) is 11.6. The van der Waals surface area contributed by atoms with Gasteiger partial charge >= 0.3 is 0 Å². The first-order chi connectivity index (χ1) is 10.2. The van der Waals surface area contributed by atoms with Crippen molar-refractivity contribution in [2.45, 2.75) is 25.4 Å². The number of amides is 1. The molecule has 1 amide bonds. The number of hydrogen-bond donors (Lipinski definition) is 2. The zero-order valence-corrected chi connectivity index (χ0v) is 11.6. The van der Waals surface area contributed by atoms with Crippen molar-refractivity contribution in [2.75, 3.05) is 6.54 Å². The van der Waals surface area contributed by atoms with E-state index in [9.17, 15) is 9.90 Å². The van der Waals surface area contributed by atoms with E-state index in [-0.39, 0.29) is 23.6 Å². The van der Waals surface area contributed by atoms with Crippen LogP contribution in [0, 0.1) is 5.92 Å². The molecule has 0 saturated heterocycles. The number of aromatic nitrogens is 3. The Labute approximate surface area is 122 Å². The topological polar surface area (TPSA) is 80.0 Å². The largest absolute Gasteiger partial charge is 0.393 e. The molecule has 1 aliphatic carbocycles. The van der Waals surface area contributed by atoms with Gasteiger partial charge in [-0.3, -0.25) is 4.79 Å². The minimum absolute atomic E-state index is 0.151. The molecule has 1 aliphatic rings. The normalized spacial score (nSPS) is 21.4. The van der Waals surface area contributed by atoms with Crippen LogP contribution in [0.5, 0.6) is 0 Å². The smallest absolute Gasteiger partial charge is 0.273 e. The Bertz CT molecular complexity index is 611. The third kappa shape index (κ3) is 3.11. The van der Waals surface area contributed by atoms with E-state index < -0.39 is 0 Å². The van der Waals surface area contributed by atoms with Crippen LogP contribution in [0.1, 0.15) is 29.8 Å². The molecule has 2 aromatic rings. The predicted octanol–water partition coefficient (Wildman–Crippen LogP) is 1.16. The maximum atomic E-state index is 12.0. The number of benzene rings is 1. The molecule has 1 heterocycles. The molecule has 1 fully saturated rings. The number of carbonyl (C=O) groups is 1. The number of hydrogen-bond acceptors (Lipinski definition) is 4. The summed E-state index contributed by atoms with van der Waals surface area (Å²) < 4.78 is 0. The van der Waals surface area contributed by atoms with E-state index in [2.05, 4.69) is 15.5 Å². The highest BCUT2D eigenvalue weighted by molar-refractivity contribution is 5.91. The highest BCUT2D eigenvalue weighted by Crippen LogP contribution is 2.24. The van der Waals surface area contributed by atoms with Crippen LogP contribution < -0.4 is 5.32 Å². The number of carbonyl (C=O) groups excluding carboxylic acids is 1. The van der Waals surface area contributed by atoms with Gasteiger partial charge in [0.15, 0.2) is 5.69 Å². The van der Waals surface area contributed by atoms with E-state index in [1.165, 1.54) is 11.0 Å². The predicted molar refractivity (Wildman–Crippen MR) is 77.0 cm³/mol. The number of nitrogens with one attached hydrogen (secondary N) is 1. The minimum Gasteiger partial charge on any atom is -0.393 e. The summed E-state index contributed by atoms with van der Waals surface area (Å²) in [5, 5.41) is 20.8. The van der Waals surface area contributed by atoms with Crippen LogP contribution >= 0.6 is 0 Å².